The number of aromatic hydroxyl groups is 1. The van der Waals surface area contributed by atoms with E-state index >= 15 is 0 Å². The molecule has 1 aromatic carbocycles. The van der Waals surface area contributed by atoms with Gasteiger partial charge in [0.15, 0.2) is 0 Å². The molecule has 0 bridgehead atoms. The molecule has 3 nitrogen and oxygen atoms in total. The molecule has 0 spiro atoms. The van der Waals surface area contributed by atoms with Gasteiger partial charge in [0, 0.05) is 12.3 Å². The van der Waals surface area contributed by atoms with Crippen molar-refractivity contribution in [1.29, 1.82) is 0 Å². The van der Waals surface area contributed by atoms with Gasteiger partial charge in [-0.2, -0.15) is 0 Å². The van der Waals surface area contributed by atoms with Gasteiger partial charge in [-0.05, 0) is 18.2 Å². The second kappa shape index (κ2) is 7.10. The Hall–Kier alpha value is -1.31. The second-order valence-electron chi connectivity index (χ2n) is 3.18. The van der Waals surface area contributed by atoms with Crippen molar-refractivity contribution in [2.45, 2.75) is 0 Å². The summed E-state index contributed by atoms with van der Waals surface area (Å²) in [6, 6.07) is 4.26. The van der Waals surface area contributed by atoms with Crippen LogP contribution in [0.3, 0.4) is 0 Å². The highest BCUT2D eigenvalue weighted by Gasteiger charge is 2.10. The molecular weight excluding hydrogens is 258 g/mol. The lowest BCUT2D eigenvalue weighted by Crippen LogP contribution is -2.26. The third-order valence-corrected chi connectivity index (χ3v) is 3.11. The number of amides is 1. The minimum atomic E-state index is -0.299. The minimum Gasteiger partial charge on any atom is -0.508 e. The minimum absolute atomic E-state index is 0.0151. The Labute approximate surface area is 110 Å². The van der Waals surface area contributed by atoms with E-state index in [-0.39, 0.29) is 17.2 Å². The van der Waals surface area contributed by atoms with Gasteiger partial charge in [-0.25, -0.2) is 0 Å². The summed E-state index contributed by atoms with van der Waals surface area (Å²) in [6.45, 7) is 0.511. The molecule has 1 aromatic rings. The lowest BCUT2D eigenvalue weighted by molar-refractivity contribution is 0.0956. The fourth-order valence-electron chi connectivity index (χ4n) is 1.15. The Kier molecular flexibility index (Phi) is 5.75. The van der Waals surface area contributed by atoms with E-state index in [2.05, 4.69) is 11.2 Å². The van der Waals surface area contributed by atoms with Crippen LogP contribution in [0.1, 0.15) is 10.4 Å². The zero-order valence-corrected chi connectivity index (χ0v) is 10.6. The highest BCUT2D eigenvalue weighted by molar-refractivity contribution is 7.99. The number of nitrogens with one attached hydrogen (secondary N) is 1. The molecule has 90 valence electrons. The van der Waals surface area contributed by atoms with Crippen LogP contribution in [0.2, 0.25) is 5.02 Å². The number of thioether (sulfide) groups is 1. The van der Waals surface area contributed by atoms with E-state index in [0.29, 0.717) is 17.3 Å². The van der Waals surface area contributed by atoms with Crippen molar-refractivity contribution < 1.29 is 9.90 Å². The van der Waals surface area contributed by atoms with Crippen molar-refractivity contribution in [1.82, 2.24) is 5.32 Å². The zero-order valence-electron chi connectivity index (χ0n) is 9.07. The van der Waals surface area contributed by atoms with Gasteiger partial charge in [-0.3, -0.25) is 4.79 Å². The average molecular weight is 270 g/mol. The summed E-state index contributed by atoms with van der Waals surface area (Å²) in [7, 11) is 0. The zero-order chi connectivity index (χ0) is 12.7. The van der Waals surface area contributed by atoms with Gasteiger partial charge in [-0.1, -0.05) is 17.5 Å². The maximum absolute atomic E-state index is 11.7. The number of terminal acetylenes is 1. The average Bonchev–Trinajstić information content (AvgIpc) is 2.32. The first-order chi connectivity index (χ1) is 8.15. The van der Waals surface area contributed by atoms with E-state index in [4.69, 9.17) is 18.0 Å². The van der Waals surface area contributed by atoms with Crippen molar-refractivity contribution in [3.63, 3.8) is 0 Å². The van der Waals surface area contributed by atoms with Crippen LogP contribution in [-0.4, -0.2) is 29.1 Å². The largest absolute Gasteiger partial charge is 0.508 e. The molecule has 1 amide bonds. The first-order valence-electron chi connectivity index (χ1n) is 4.93. The number of carbonyl (C=O) groups is 1. The first kappa shape index (κ1) is 13.8. The van der Waals surface area contributed by atoms with E-state index in [1.54, 1.807) is 11.8 Å². The molecule has 0 aliphatic carbocycles. The lowest BCUT2D eigenvalue weighted by Gasteiger charge is -2.06. The monoisotopic (exact) mass is 269 g/mol. The smallest absolute Gasteiger partial charge is 0.252 e. The molecule has 0 aliphatic rings. The van der Waals surface area contributed by atoms with Crippen molar-refractivity contribution in [2.75, 3.05) is 18.1 Å². The Balaban J connectivity index is 2.47. The van der Waals surface area contributed by atoms with Crippen LogP contribution in [-0.2, 0) is 0 Å². The molecule has 0 aromatic heterocycles. The standard InChI is InChI=1S/C12H12ClNO2S/c1-2-6-17-7-5-14-12(16)10-8-9(15)3-4-11(10)13/h1,3-4,8,15H,5-7H2,(H,14,16). The molecule has 0 radical (unpaired) electrons. The number of rotatable bonds is 5. The molecule has 0 saturated heterocycles. The number of phenols is 1. The summed E-state index contributed by atoms with van der Waals surface area (Å²) in [5.41, 5.74) is 0.272. The number of benzene rings is 1. The summed E-state index contributed by atoms with van der Waals surface area (Å²) in [6.07, 6.45) is 5.09. The van der Waals surface area contributed by atoms with Crippen LogP contribution < -0.4 is 5.32 Å². The number of hydrogen-bond acceptors (Lipinski definition) is 3. The van der Waals surface area contributed by atoms with Gasteiger partial charge in [0.2, 0.25) is 0 Å². The van der Waals surface area contributed by atoms with Crippen LogP contribution in [0, 0.1) is 12.3 Å². The van der Waals surface area contributed by atoms with Gasteiger partial charge in [0.1, 0.15) is 5.75 Å². The van der Waals surface area contributed by atoms with E-state index in [0.717, 1.165) is 5.75 Å². The third kappa shape index (κ3) is 4.59. The van der Waals surface area contributed by atoms with Gasteiger partial charge >= 0.3 is 0 Å². The van der Waals surface area contributed by atoms with Gasteiger partial charge in [-0.15, -0.1) is 18.2 Å². The quantitative estimate of drug-likeness (QED) is 0.636. The van der Waals surface area contributed by atoms with Gasteiger partial charge in [0.25, 0.3) is 5.91 Å². The van der Waals surface area contributed by atoms with Crippen molar-refractivity contribution in [3.8, 4) is 18.1 Å². The summed E-state index contributed by atoms with van der Waals surface area (Å²) >= 11 is 7.41. The highest BCUT2D eigenvalue weighted by Crippen LogP contribution is 2.20. The molecule has 0 saturated carbocycles. The summed E-state index contributed by atoms with van der Waals surface area (Å²) in [5.74, 6) is 3.59. The molecule has 2 N–H and O–H groups in total. The molecule has 0 heterocycles. The molecule has 0 fully saturated rings. The summed E-state index contributed by atoms with van der Waals surface area (Å²) in [5, 5.41) is 12.3. The topological polar surface area (TPSA) is 49.3 Å². The molecule has 17 heavy (non-hydrogen) atoms. The first-order valence-corrected chi connectivity index (χ1v) is 6.46. The van der Waals surface area contributed by atoms with Crippen LogP contribution in [0.5, 0.6) is 5.75 Å². The summed E-state index contributed by atoms with van der Waals surface area (Å²) < 4.78 is 0. The number of carbonyl (C=O) groups excluding carboxylic acids is 1. The van der Waals surface area contributed by atoms with E-state index in [9.17, 15) is 9.90 Å². The van der Waals surface area contributed by atoms with E-state index in [1.165, 1.54) is 18.2 Å². The second-order valence-corrected chi connectivity index (χ2v) is 4.69. The molecular formula is C12H12ClNO2S. The molecule has 5 heteroatoms. The third-order valence-electron chi connectivity index (χ3n) is 1.91. The maximum atomic E-state index is 11.7. The molecule has 1 rings (SSSR count). The maximum Gasteiger partial charge on any atom is 0.252 e. The molecule has 0 aliphatic heterocycles. The lowest BCUT2D eigenvalue weighted by atomic mass is 10.2. The van der Waals surface area contributed by atoms with Crippen LogP contribution >= 0.6 is 23.4 Å². The van der Waals surface area contributed by atoms with Gasteiger partial charge < -0.3 is 10.4 Å². The molecule has 0 unspecified atom stereocenters. The fourth-order valence-corrected chi connectivity index (χ4v) is 1.86. The Morgan fingerprint density at radius 3 is 3.06 bits per heavy atom. The summed E-state index contributed by atoms with van der Waals surface area (Å²) in [4.78, 5) is 11.7. The van der Waals surface area contributed by atoms with Crippen LogP contribution in [0.25, 0.3) is 0 Å². The predicted octanol–water partition coefficient (Wildman–Crippen LogP) is 2.14. The van der Waals surface area contributed by atoms with E-state index < -0.39 is 0 Å². The van der Waals surface area contributed by atoms with Crippen molar-refractivity contribution >= 4 is 29.3 Å². The number of hydrogen-bond donors (Lipinski definition) is 2. The highest BCUT2D eigenvalue weighted by atomic mass is 35.5. The van der Waals surface area contributed by atoms with Crippen molar-refractivity contribution in [3.05, 3.63) is 28.8 Å². The molecule has 0 atom stereocenters. The Bertz CT molecular complexity index is 443. The normalized spacial score (nSPS) is 9.65. The van der Waals surface area contributed by atoms with Crippen molar-refractivity contribution in [2.24, 2.45) is 0 Å². The van der Waals surface area contributed by atoms with Crippen LogP contribution in [0.15, 0.2) is 18.2 Å². The SMILES string of the molecule is C#CCSCCNC(=O)c1cc(O)ccc1Cl. The van der Waals surface area contributed by atoms with Crippen LogP contribution in [0.4, 0.5) is 0 Å². The Morgan fingerprint density at radius 2 is 2.35 bits per heavy atom. The fraction of sp³-hybridized carbons (Fsp3) is 0.250. The Morgan fingerprint density at radius 1 is 1.59 bits per heavy atom. The van der Waals surface area contributed by atoms with Gasteiger partial charge in [0.05, 0.1) is 16.3 Å². The number of phenolic OH excluding ortho intramolecular Hbond substituents is 1. The van der Waals surface area contributed by atoms with E-state index in [1.807, 2.05) is 0 Å². The predicted molar refractivity (Wildman–Crippen MR) is 71.6 cm³/mol. The number of halogens is 1.